The van der Waals surface area contributed by atoms with Gasteiger partial charge in [-0.2, -0.15) is 8.78 Å². The summed E-state index contributed by atoms with van der Waals surface area (Å²) in [6.07, 6.45) is 0. The van der Waals surface area contributed by atoms with Gasteiger partial charge in [-0.25, -0.2) is 0 Å². The van der Waals surface area contributed by atoms with Crippen molar-refractivity contribution in [2.24, 2.45) is 0 Å². The second-order valence-electron chi connectivity index (χ2n) is 6.52. The van der Waals surface area contributed by atoms with E-state index in [0.29, 0.717) is 24.6 Å². The van der Waals surface area contributed by atoms with Crippen molar-refractivity contribution in [3.63, 3.8) is 0 Å². The maximum absolute atomic E-state index is 12.5. The Morgan fingerprint density at radius 1 is 1.07 bits per heavy atom. The van der Waals surface area contributed by atoms with Gasteiger partial charge in [0.25, 0.3) is 0 Å². The molecule has 1 N–H and O–H groups in total. The highest BCUT2D eigenvalue weighted by molar-refractivity contribution is 5.81. The predicted molar refractivity (Wildman–Crippen MR) is 105 cm³/mol. The molecule has 1 unspecified atom stereocenters. The van der Waals surface area contributed by atoms with E-state index in [1.807, 2.05) is 17.0 Å². The van der Waals surface area contributed by atoms with Crippen LogP contribution in [0.25, 0.3) is 0 Å². The fourth-order valence-corrected chi connectivity index (χ4v) is 2.77. The zero-order valence-electron chi connectivity index (χ0n) is 16.9. The Kier molecular flexibility index (Phi) is 8.21. The first kappa shape index (κ1) is 22.4. The van der Waals surface area contributed by atoms with E-state index in [9.17, 15) is 13.6 Å². The molecule has 0 spiro atoms. The van der Waals surface area contributed by atoms with E-state index in [-0.39, 0.29) is 11.7 Å². The third-order valence-electron chi connectivity index (χ3n) is 4.51. The molecule has 0 heterocycles. The molecule has 1 amide bonds. The smallest absolute Gasteiger partial charge is 0.387 e. The number of benzene rings is 2. The summed E-state index contributed by atoms with van der Waals surface area (Å²) in [6.45, 7) is -0.339. The molecule has 0 aliphatic carbocycles. The number of carbonyl (C=O) groups is 1. The summed E-state index contributed by atoms with van der Waals surface area (Å²) in [5.74, 6) is 1.16. The zero-order valence-corrected chi connectivity index (χ0v) is 16.9. The van der Waals surface area contributed by atoms with Gasteiger partial charge < -0.3 is 19.5 Å². The highest BCUT2D eigenvalue weighted by atomic mass is 19.3. The van der Waals surface area contributed by atoms with Crippen LogP contribution in [0, 0.1) is 0 Å². The quantitative estimate of drug-likeness (QED) is 0.653. The summed E-state index contributed by atoms with van der Waals surface area (Å²) in [4.78, 5) is 14.3. The number of likely N-dealkylation sites (N-methyl/N-ethyl adjacent to an activating group) is 1. The first-order valence-corrected chi connectivity index (χ1v) is 9.06. The number of hydrogen-bond acceptors (Lipinski definition) is 5. The highest BCUT2D eigenvalue weighted by Crippen LogP contribution is 2.27. The van der Waals surface area contributed by atoms with E-state index in [2.05, 4.69) is 10.1 Å². The Morgan fingerprint density at radius 2 is 1.79 bits per heavy atom. The molecule has 0 aliphatic heterocycles. The minimum absolute atomic E-state index is 0.0939. The Hall–Kier alpha value is -2.87. The maximum atomic E-state index is 12.5. The molecule has 6 nitrogen and oxygen atoms in total. The van der Waals surface area contributed by atoms with E-state index in [1.54, 1.807) is 46.4 Å². The van der Waals surface area contributed by atoms with Gasteiger partial charge in [-0.3, -0.25) is 9.69 Å². The monoisotopic (exact) mass is 408 g/mol. The molecule has 0 bridgehead atoms. The molecule has 8 heteroatoms. The number of amides is 1. The second kappa shape index (κ2) is 10.6. The Morgan fingerprint density at radius 3 is 2.45 bits per heavy atom. The Balaban J connectivity index is 1.92. The molecular weight excluding hydrogens is 382 g/mol. The number of rotatable bonds is 10. The first-order chi connectivity index (χ1) is 13.8. The summed E-state index contributed by atoms with van der Waals surface area (Å²) in [5, 5.41) is 2.89. The van der Waals surface area contributed by atoms with Gasteiger partial charge in [-0.15, -0.1) is 0 Å². The van der Waals surface area contributed by atoms with E-state index >= 15 is 0 Å². The molecule has 0 aromatic heterocycles. The van der Waals surface area contributed by atoms with Gasteiger partial charge >= 0.3 is 6.61 Å². The number of nitrogens with one attached hydrogen (secondary N) is 1. The van der Waals surface area contributed by atoms with Gasteiger partial charge in [0, 0.05) is 13.1 Å². The SMILES string of the molecule is COc1ccc(CNC(=O)C(C)N(C)Cc2cccc(OC(F)F)c2)cc1OC. The van der Waals surface area contributed by atoms with Gasteiger partial charge in [0.2, 0.25) is 5.91 Å². The summed E-state index contributed by atoms with van der Waals surface area (Å²) in [5.41, 5.74) is 1.65. The summed E-state index contributed by atoms with van der Waals surface area (Å²) in [6, 6.07) is 11.5. The molecule has 158 valence electrons. The van der Waals surface area contributed by atoms with Gasteiger partial charge in [0.05, 0.1) is 20.3 Å². The zero-order chi connectivity index (χ0) is 21.4. The molecule has 0 radical (unpaired) electrons. The van der Waals surface area contributed by atoms with Gasteiger partial charge in [-0.1, -0.05) is 18.2 Å². The molecule has 1 atom stereocenters. The number of halogens is 2. The lowest BCUT2D eigenvalue weighted by atomic mass is 10.1. The van der Waals surface area contributed by atoms with Crippen molar-refractivity contribution in [2.45, 2.75) is 32.7 Å². The van der Waals surface area contributed by atoms with Crippen LogP contribution in [0.2, 0.25) is 0 Å². The van der Waals surface area contributed by atoms with Gasteiger partial charge in [-0.05, 0) is 49.4 Å². The Bertz CT molecular complexity index is 817. The van der Waals surface area contributed by atoms with Crippen LogP contribution in [-0.2, 0) is 17.9 Å². The van der Waals surface area contributed by atoms with Crippen molar-refractivity contribution < 1.29 is 27.8 Å². The first-order valence-electron chi connectivity index (χ1n) is 9.06. The molecule has 0 aliphatic rings. The number of hydrogen-bond donors (Lipinski definition) is 1. The van der Waals surface area contributed by atoms with Crippen LogP contribution in [0.5, 0.6) is 17.2 Å². The molecule has 2 aromatic rings. The number of nitrogens with zero attached hydrogens (tertiary/aromatic N) is 1. The number of methoxy groups -OCH3 is 2. The molecule has 2 aromatic carbocycles. The van der Waals surface area contributed by atoms with Crippen molar-refractivity contribution >= 4 is 5.91 Å². The average Bonchev–Trinajstić information content (AvgIpc) is 2.70. The summed E-state index contributed by atoms with van der Waals surface area (Å²) < 4.78 is 39.6. The van der Waals surface area contributed by atoms with Crippen molar-refractivity contribution in [3.8, 4) is 17.2 Å². The van der Waals surface area contributed by atoms with Crippen molar-refractivity contribution in [2.75, 3.05) is 21.3 Å². The van der Waals surface area contributed by atoms with E-state index in [1.165, 1.54) is 12.1 Å². The third-order valence-corrected chi connectivity index (χ3v) is 4.51. The predicted octanol–water partition coefficient (Wildman–Crippen LogP) is 3.44. The maximum Gasteiger partial charge on any atom is 0.387 e. The third kappa shape index (κ3) is 6.60. The highest BCUT2D eigenvalue weighted by Gasteiger charge is 2.18. The van der Waals surface area contributed by atoms with Crippen LogP contribution < -0.4 is 19.5 Å². The fourth-order valence-electron chi connectivity index (χ4n) is 2.77. The standard InChI is InChI=1S/C21H26F2N2O4/c1-14(25(2)13-16-6-5-7-17(10-16)29-21(22)23)20(26)24-12-15-8-9-18(27-3)19(11-15)28-4/h5-11,14,21H,12-13H2,1-4H3,(H,24,26). The lowest BCUT2D eigenvalue weighted by Crippen LogP contribution is -2.42. The van der Waals surface area contributed by atoms with Crippen LogP contribution in [0.3, 0.4) is 0 Å². The minimum atomic E-state index is -2.87. The normalized spacial score (nSPS) is 12.0. The van der Waals surface area contributed by atoms with E-state index < -0.39 is 12.7 Å². The number of alkyl halides is 2. The average molecular weight is 408 g/mol. The molecule has 0 fully saturated rings. The van der Waals surface area contributed by atoms with Crippen LogP contribution >= 0.6 is 0 Å². The largest absolute Gasteiger partial charge is 0.493 e. The number of carbonyl (C=O) groups excluding carboxylic acids is 1. The van der Waals surface area contributed by atoms with Crippen LogP contribution in [0.15, 0.2) is 42.5 Å². The molecular formula is C21H26F2N2O4. The lowest BCUT2D eigenvalue weighted by Gasteiger charge is -2.24. The van der Waals surface area contributed by atoms with Gasteiger partial charge in [0.1, 0.15) is 5.75 Å². The number of ether oxygens (including phenoxy) is 3. The fraction of sp³-hybridized carbons (Fsp3) is 0.381. The van der Waals surface area contributed by atoms with E-state index in [0.717, 1.165) is 11.1 Å². The van der Waals surface area contributed by atoms with Gasteiger partial charge in [0.15, 0.2) is 11.5 Å². The Labute approximate surface area is 169 Å². The summed E-state index contributed by atoms with van der Waals surface area (Å²) >= 11 is 0. The minimum Gasteiger partial charge on any atom is -0.493 e. The van der Waals surface area contributed by atoms with Crippen LogP contribution in [-0.4, -0.2) is 44.7 Å². The van der Waals surface area contributed by atoms with Crippen LogP contribution in [0.1, 0.15) is 18.1 Å². The molecule has 0 saturated carbocycles. The van der Waals surface area contributed by atoms with Crippen molar-refractivity contribution in [3.05, 3.63) is 53.6 Å². The second-order valence-corrected chi connectivity index (χ2v) is 6.52. The molecule has 29 heavy (non-hydrogen) atoms. The van der Waals surface area contributed by atoms with Crippen LogP contribution in [0.4, 0.5) is 8.78 Å². The molecule has 0 saturated heterocycles. The van der Waals surface area contributed by atoms with Crippen molar-refractivity contribution in [1.82, 2.24) is 10.2 Å². The van der Waals surface area contributed by atoms with Crippen molar-refractivity contribution in [1.29, 1.82) is 0 Å². The lowest BCUT2D eigenvalue weighted by molar-refractivity contribution is -0.125. The summed E-state index contributed by atoms with van der Waals surface area (Å²) in [7, 11) is 4.91. The topological polar surface area (TPSA) is 60.0 Å². The van der Waals surface area contributed by atoms with E-state index in [4.69, 9.17) is 9.47 Å². The molecule has 2 rings (SSSR count).